The number of hydrogen-bond donors (Lipinski definition) is 1. The first-order valence-electron chi connectivity index (χ1n) is 9.05. The second kappa shape index (κ2) is 10.5. The number of rotatable bonds is 8. The number of halogens is 1. The Hall–Kier alpha value is -1.76. The van der Waals surface area contributed by atoms with Crippen molar-refractivity contribution in [2.45, 2.75) is 39.0 Å². The summed E-state index contributed by atoms with van der Waals surface area (Å²) in [5, 5.41) is 5.32. The molecule has 1 aliphatic heterocycles. The molecule has 3 rings (SSSR count). The molecule has 7 heteroatoms. The third-order valence-corrected chi connectivity index (χ3v) is 5.45. The molecule has 0 bridgehead atoms. The molecule has 1 unspecified atom stereocenters. The first kappa shape index (κ1) is 21.5. The molecule has 27 heavy (non-hydrogen) atoms. The number of hydrogen-bond acceptors (Lipinski definition) is 5. The molecule has 1 aromatic heterocycles. The Bertz CT molecular complexity index is 718. The highest BCUT2D eigenvalue weighted by Gasteiger charge is 2.26. The van der Waals surface area contributed by atoms with Crippen molar-refractivity contribution in [2.75, 3.05) is 20.2 Å². The number of carbonyl (C=O) groups is 1. The fourth-order valence-corrected chi connectivity index (χ4v) is 3.77. The van der Waals surface area contributed by atoms with Crippen molar-refractivity contribution in [1.82, 2.24) is 10.2 Å². The monoisotopic (exact) mass is 410 g/mol. The summed E-state index contributed by atoms with van der Waals surface area (Å²) < 4.78 is 11.4. The van der Waals surface area contributed by atoms with Crippen LogP contribution in [0, 0.1) is 0 Å². The van der Waals surface area contributed by atoms with Crippen LogP contribution in [0.1, 0.15) is 30.2 Å². The van der Waals surface area contributed by atoms with Gasteiger partial charge in [-0.2, -0.15) is 0 Å². The number of ether oxygens (including phenoxy) is 2. The molecule has 1 amide bonds. The highest BCUT2D eigenvalue weighted by molar-refractivity contribution is 7.09. The molecule has 1 atom stereocenters. The van der Waals surface area contributed by atoms with E-state index < -0.39 is 0 Å². The van der Waals surface area contributed by atoms with E-state index in [-0.39, 0.29) is 24.4 Å². The van der Waals surface area contributed by atoms with Crippen LogP contribution in [0.5, 0.6) is 11.5 Å². The number of methoxy groups -OCH3 is 1. The smallest absolute Gasteiger partial charge is 0.239 e. The van der Waals surface area contributed by atoms with Gasteiger partial charge in [0.05, 0.1) is 13.2 Å². The largest absolute Gasteiger partial charge is 0.493 e. The summed E-state index contributed by atoms with van der Waals surface area (Å²) in [5.41, 5.74) is 1.04. The second-order valence-corrected chi connectivity index (χ2v) is 7.39. The molecular weight excluding hydrogens is 384 g/mol. The third-order valence-electron chi connectivity index (χ3n) is 4.60. The van der Waals surface area contributed by atoms with Gasteiger partial charge in [-0.05, 0) is 55.5 Å². The first-order chi connectivity index (χ1) is 12.7. The highest BCUT2D eigenvalue weighted by Crippen LogP contribution is 2.30. The Morgan fingerprint density at radius 3 is 2.81 bits per heavy atom. The van der Waals surface area contributed by atoms with Crippen molar-refractivity contribution in [3.05, 3.63) is 46.2 Å². The van der Waals surface area contributed by atoms with Gasteiger partial charge in [0.25, 0.3) is 0 Å². The summed E-state index contributed by atoms with van der Waals surface area (Å²) in [5.74, 6) is 1.60. The van der Waals surface area contributed by atoms with E-state index in [0.29, 0.717) is 25.4 Å². The molecule has 0 spiro atoms. The van der Waals surface area contributed by atoms with Crippen LogP contribution in [0.15, 0.2) is 35.7 Å². The minimum Gasteiger partial charge on any atom is -0.493 e. The minimum atomic E-state index is -0.0368. The molecule has 2 aromatic rings. The first-order valence-corrected chi connectivity index (χ1v) is 9.93. The fourth-order valence-electron chi connectivity index (χ4n) is 3.15. The number of benzene rings is 1. The topological polar surface area (TPSA) is 50.8 Å². The van der Waals surface area contributed by atoms with E-state index in [9.17, 15) is 4.79 Å². The maximum atomic E-state index is 12.6. The number of nitrogens with zero attached hydrogens (tertiary/aromatic N) is 1. The van der Waals surface area contributed by atoms with Gasteiger partial charge in [-0.25, -0.2) is 0 Å². The van der Waals surface area contributed by atoms with Crippen molar-refractivity contribution in [2.24, 2.45) is 0 Å². The quantitative estimate of drug-likeness (QED) is 0.718. The molecule has 1 fully saturated rings. The SMILES string of the molecule is CCN(Cc1ccc(OCc2cccs2)c(OC)c1)C(=O)C1CCCN1.Cl. The Balaban J connectivity index is 0.00000261. The maximum absolute atomic E-state index is 12.6. The number of likely N-dealkylation sites (N-methyl/N-ethyl adjacent to an activating group) is 1. The van der Waals surface area contributed by atoms with Crippen LogP contribution in [-0.2, 0) is 17.9 Å². The molecule has 0 aliphatic carbocycles. The van der Waals surface area contributed by atoms with Gasteiger partial charge in [-0.1, -0.05) is 12.1 Å². The summed E-state index contributed by atoms with van der Waals surface area (Å²) in [4.78, 5) is 15.7. The van der Waals surface area contributed by atoms with Gasteiger partial charge in [-0.3, -0.25) is 4.79 Å². The van der Waals surface area contributed by atoms with Crippen LogP contribution < -0.4 is 14.8 Å². The molecular formula is C20H27ClN2O3S. The molecule has 1 saturated heterocycles. The van der Waals surface area contributed by atoms with Crippen LogP contribution in [0.3, 0.4) is 0 Å². The van der Waals surface area contributed by atoms with Gasteiger partial charge >= 0.3 is 0 Å². The standard InChI is InChI=1S/C20H26N2O3S.ClH/c1-3-22(20(23)17-7-4-10-21-17)13-15-8-9-18(19(12-15)24-2)25-14-16-6-5-11-26-16;/h5-6,8-9,11-12,17,21H,3-4,7,10,13-14H2,1-2H3;1H. The number of thiophene rings is 1. The van der Waals surface area contributed by atoms with E-state index in [1.165, 1.54) is 4.88 Å². The van der Waals surface area contributed by atoms with Crippen LogP contribution in [-0.4, -0.2) is 37.0 Å². The van der Waals surface area contributed by atoms with Crippen molar-refractivity contribution < 1.29 is 14.3 Å². The van der Waals surface area contributed by atoms with E-state index >= 15 is 0 Å². The van der Waals surface area contributed by atoms with E-state index in [0.717, 1.165) is 30.7 Å². The van der Waals surface area contributed by atoms with Crippen molar-refractivity contribution in [1.29, 1.82) is 0 Å². The van der Waals surface area contributed by atoms with Gasteiger partial charge in [0, 0.05) is 18.0 Å². The Morgan fingerprint density at radius 1 is 1.33 bits per heavy atom. The van der Waals surface area contributed by atoms with E-state index in [1.807, 2.05) is 47.5 Å². The van der Waals surface area contributed by atoms with Crippen LogP contribution in [0.2, 0.25) is 0 Å². The molecule has 1 aliphatic rings. The number of amides is 1. The summed E-state index contributed by atoms with van der Waals surface area (Å²) in [6, 6.07) is 9.91. The van der Waals surface area contributed by atoms with Crippen molar-refractivity contribution in [3.8, 4) is 11.5 Å². The van der Waals surface area contributed by atoms with E-state index in [2.05, 4.69) is 5.32 Å². The lowest BCUT2D eigenvalue weighted by Crippen LogP contribution is -2.43. The van der Waals surface area contributed by atoms with Gasteiger partial charge in [0.15, 0.2) is 11.5 Å². The lowest BCUT2D eigenvalue weighted by atomic mass is 10.1. The zero-order valence-corrected chi connectivity index (χ0v) is 17.4. The predicted octanol–water partition coefficient (Wildman–Crippen LogP) is 3.86. The van der Waals surface area contributed by atoms with Gasteiger partial charge in [0.2, 0.25) is 5.91 Å². The lowest BCUT2D eigenvalue weighted by Gasteiger charge is -2.24. The summed E-state index contributed by atoms with van der Waals surface area (Å²) >= 11 is 1.67. The van der Waals surface area contributed by atoms with E-state index in [4.69, 9.17) is 9.47 Å². The molecule has 1 aromatic carbocycles. The average molecular weight is 411 g/mol. The highest BCUT2D eigenvalue weighted by atomic mass is 35.5. The number of nitrogens with one attached hydrogen (secondary N) is 1. The maximum Gasteiger partial charge on any atom is 0.239 e. The summed E-state index contributed by atoms with van der Waals surface area (Å²) in [6.07, 6.45) is 1.99. The summed E-state index contributed by atoms with van der Waals surface area (Å²) in [6.45, 7) is 4.74. The van der Waals surface area contributed by atoms with Crippen LogP contribution >= 0.6 is 23.7 Å². The Morgan fingerprint density at radius 2 is 2.19 bits per heavy atom. The molecule has 148 valence electrons. The van der Waals surface area contributed by atoms with Gasteiger partial charge < -0.3 is 19.7 Å². The summed E-state index contributed by atoms with van der Waals surface area (Å²) in [7, 11) is 1.64. The van der Waals surface area contributed by atoms with Crippen molar-refractivity contribution >= 4 is 29.7 Å². The van der Waals surface area contributed by atoms with E-state index in [1.54, 1.807) is 18.4 Å². The second-order valence-electron chi connectivity index (χ2n) is 6.35. The predicted molar refractivity (Wildman–Crippen MR) is 111 cm³/mol. The Kier molecular flexibility index (Phi) is 8.41. The zero-order valence-electron chi connectivity index (χ0n) is 15.8. The van der Waals surface area contributed by atoms with Crippen LogP contribution in [0.25, 0.3) is 0 Å². The average Bonchev–Trinajstić information content (AvgIpc) is 3.38. The number of carbonyl (C=O) groups excluding carboxylic acids is 1. The molecule has 2 heterocycles. The van der Waals surface area contributed by atoms with Crippen molar-refractivity contribution in [3.63, 3.8) is 0 Å². The molecule has 1 N–H and O–H groups in total. The molecule has 0 radical (unpaired) electrons. The lowest BCUT2D eigenvalue weighted by molar-refractivity contribution is -0.133. The third kappa shape index (κ3) is 5.61. The van der Waals surface area contributed by atoms with Gasteiger partial charge in [-0.15, -0.1) is 23.7 Å². The minimum absolute atomic E-state index is 0. The normalized spacial score (nSPS) is 15.9. The fraction of sp³-hybridized carbons (Fsp3) is 0.450. The Labute approximate surface area is 171 Å². The molecule has 0 saturated carbocycles. The van der Waals surface area contributed by atoms with Crippen LogP contribution in [0.4, 0.5) is 0 Å². The molecule has 5 nitrogen and oxygen atoms in total. The van der Waals surface area contributed by atoms with Gasteiger partial charge in [0.1, 0.15) is 6.61 Å². The zero-order chi connectivity index (χ0) is 18.4.